The van der Waals surface area contributed by atoms with E-state index in [1.807, 2.05) is 0 Å². The number of hydrogen-bond donors (Lipinski definition) is 0. The van der Waals surface area contributed by atoms with E-state index in [9.17, 15) is 4.79 Å². The lowest BCUT2D eigenvalue weighted by Crippen LogP contribution is -2.31. The molecule has 0 amide bonds. The summed E-state index contributed by atoms with van der Waals surface area (Å²) in [6.07, 6.45) is 3.38. The van der Waals surface area contributed by atoms with Gasteiger partial charge >= 0.3 is 0 Å². The van der Waals surface area contributed by atoms with Gasteiger partial charge < -0.3 is 9.64 Å². The van der Waals surface area contributed by atoms with Gasteiger partial charge in [-0.3, -0.25) is 4.79 Å². The molecule has 0 saturated carbocycles. The molecule has 5 nitrogen and oxygen atoms in total. The van der Waals surface area contributed by atoms with Crippen LogP contribution in [0.2, 0.25) is 0 Å². The van der Waals surface area contributed by atoms with Gasteiger partial charge in [0.2, 0.25) is 0 Å². The third-order valence-electron chi connectivity index (χ3n) is 1.91. The first kappa shape index (κ1) is 8.12. The number of nitrogens with zero attached hydrogens (tertiary/aromatic N) is 3. The highest BCUT2D eigenvalue weighted by Crippen LogP contribution is 2.16. The summed E-state index contributed by atoms with van der Waals surface area (Å²) >= 11 is 0. The Kier molecular flexibility index (Phi) is 2.18. The zero-order chi connectivity index (χ0) is 9.10. The molecule has 2 heterocycles. The minimum atomic E-state index is -0.491. The van der Waals surface area contributed by atoms with Crippen LogP contribution >= 0.6 is 0 Å². The second kappa shape index (κ2) is 3.49. The van der Waals surface area contributed by atoms with Crippen LogP contribution < -0.4 is 4.90 Å². The predicted molar refractivity (Wildman–Crippen MR) is 45.2 cm³/mol. The highest BCUT2D eigenvalue weighted by Gasteiger charge is 2.25. The van der Waals surface area contributed by atoms with E-state index in [0.717, 1.165) is 12.1 Å². The lowest BCUT2D eigenvalue weighted by atomic mass is 10.4. The number of hydrogen-bond acceptors (Lipinski definition) is 5. The van der Waals surface area contributed by atoms with Crippen molar-refractivity contribution in [2.75, 3.05) is 18.1 Å². The van der Waals surface area contributed by atoms with Crippen molar-refractivity contribution in [3.05, 3.63) is 18.6 Å². The van der Waals surface area contributed by atoms with Gasteiger partial charge in [0, 0.05) is 12.7 Å². The van der Waals surface area contributed by atoms with Crippen LogP contribution in [0.5, 0.6) is 0 Å². The third-order valence-corrected chi connectivity index (χ3v) is 1.91. The van der Waals surface area contributed by atoms with Gasteiger partial charge in [0.15, 0.2) is 12.5 Å². The van der Waals surface area contributed by atoms with E-state index >= 15 is 0 Å². The van der Waals surface area contributed by atoms with Crippen molar-refractivity contribution in [2.45, 2.75) is 6.23 Å². The molecule has 1 aromatic heterocycles. The van der Waals surface area contributed by atoms with Crippen LogP contribution in [0.1, 0.15) is 0 Å². The lowest BCUT2D eigenvalue weighted by molar-refractivity contribution is -0.115. The zero-order valence-electron chi connectivity index (χ0n) is 6.96. The van der Waals surface area contributed by atoms with Gasteiger partial charge in [0.25, 0.3) is 0 Å². The number of anilines is 1. The quantitative estimate of drug-likeness (QED) is 0.590. The molecule has 0 bridgehead atoms. The molecule has 2 rings (SSSR count). The fraction of sp³-hybridized carbons (Fsp3) is 0.375. The molecule has 1 aliphatic rings. The summed E-state index contributed by atoms with van der Waals surface area (Å²) in [5.74, 6) is 0.726. The molecule has 0 spiro atoms. The minimum Gasteiger partial charge on any atom is -0.349 e. The molecular weight excluding hydrogens is 170 g/mol. The summed E-state index contributed by atoms with van der Waals surface area (Å²) in [5.41, 5.74) is 0. The van der Waals surface area contributed by atoms with E-state index in [4.69, 9.17) is 4.74 Å². The first-order valence-corrected chi connectivity index (χ1v) is 4.01. The Morgan fingerprint density at radius 3 is 3.31 bits per heavy atom. The predicted octanol–water partition coefficient (Wildman–Crippen LogP) is -0.162. The molecule has 0 radical (unpaired) electrons. The van der Waals surface area contributed by atoms with Gasteiger partial charge in [-0.15, -0.1) is 0 Å². The Morgan fingerprint density at radius 1 is 1.69 bits per heavy atom. The van der Waals surface area contributed by atoms with Crippen LogP contribution in [-0.4, -0.2) is 35.6 Å². The second-order valence-electron chi connectivity index (χ2n) is 2.66. The number of ether oxygens (including phenoxy) is 1. The number of rotatable bonds is 2. The van der Waals surface area contributed by atoms with Crippen molar-refractivity contribution in [2.24, 2.45) is 0 Å². The molecule has 5 heteroatoms. The SMILES string of the molecule is O=CC1OCCN1c1ccncn1. The Hall–Kier alpha value is -1.49. The third kappa shape index (κ3) is 1.50. The standard InChI is InChI=1S/C8H9N3O2/c12-5-8-11(3-4-13-8)7-1-2-9-6-10-7/h1-2,5-6,8H,3-4H2. The maximum atomic E-state index is 10.6. The van der Waals surface area contributed by atoms with Crippen molar-refractivity contribution in [3.8, 4) is 0 Å². The van der Waals surface area contributed by atoms with Crippen LogP contribution in [-0.2, 0) is 9.53 Å². The van der Waals surface area contributed by atoms with Gasteiger partial charge in [0.05, 0.1) is 6.61 Å². The van der Waals surface area contributed by atoms with Gasteiger partial charge in [-0.1, -0.05) is 0 Å². The average molecular weight is 179 g/mol. The molecule has 0 aromatic carbocycles. The fourth-order valence-electron chi connectivity index (χ4n) is 1.30. The van der Waals surface area contributed by atoms with Crippen molar-refractivity contribution in [1.29, 1.82) is 0 Å². The molecule has 1 fully saturated rings. The first-order valence-electron chi connectivity index (χ1n) is 4.01. The van der Waals surface area contributed by atoms with Crippen molar-refractivity contribution in [3.63, 3.8) is 0 Å². The topological polar surface area (TPSA) is 55.3 Å². The molecule has 13 heavy (non-hydrogen) atoms. The molecule has 1 aromatic rings. The molecule has 0 aliphatic carbocycles. The minimum absolute atomic E-state index is 0.491. The Bertz CT molecular complexity index is 291. The number of aldehydes is 1. The number of aromatic nitrogens is 2. The summed E-state index contributed by atoms with van der Waals surface area (Å²) in [5, 5.41) is 0. The monoisotopic (exact) mass is 179 g/mol. The zero-order valence-corrected chi connectivity index (χ0v) is 6.96. The molecular formula is C8H9N3O2. The summed E-state index contributed by atoms with van der Waals surface area (Å²) in [6.45, 7) is 1.26. The summed E-state index contributed by atoms with van der Waals surface area (Å²) in [4.78, 5) is 20.2. The van der Waals surface area contributed by atoms with E-state index in [2.05, 4.69) is 9.97 Å². The van der Waals surface area contributed by atoms with Crippen LogP contribution in [0.3, 0.4) is 0 Å². The van der Waals surface area contributed by atoms with Gasteiger partial charge in [0.1, 0.15) is 12.1 Å². The van der Waals surface area contributed by atoms with Crippen LogP contribution in [0.25, 0.3) is 0 Å². The van der Waals surface area contributed by atoms with Crippen molar-refractivity contribution in [1.82, 2.24) is 9.97 Å². The van der Waals surface area contributed by atoms with Gasteiger partial charge in [-0.05, 0) is 6.07 Å². The normalized spacial score (nSPS) is 21.8. The van der Waals surface area contributed by atoms with Crippen molar-refractivity contribution >= 4 is 12.1 Å². The molecule has 1 aliphatic heterocycles. The summed E-state index contributed by atoms with van der Waals surface area (Å²) in [7, 11) is 0. The fourth-order valence-corrected chi connectivity index (χ4v) is 1.30. The van der Waals surface area contributed by atoms with Crippen LogP contribution in [0.15, 0.2) is 18.6 Å². The second-order valence-corrected chi connectivity index (χ2v) is 2.66. The lowest BCUT2D eigenvalue weighted by Gasteiger charge is -2.18. The smallest absolute Gasteiger partial charge is 0.188 e. The van der Waals surface area contributed by atoms with Crippen LogP contribution in [0, 0.1) is 0 Å². The van der Waals surface area contributed by atoms with E-state index in [-0.39, 0.29) is 0 Å². The highest BCUT2D eigenvalue weighted by atomic mass is 16.5. The van der Waals surface area contributed by atoms with Gasteiger partial charge in [-0.25, -0.2) is 9.97 Å². The maximum Gasteiger partial charge on any atom is 0.188 e. The number of carbonyl (C=O) groups excluding carboxylic acids is 1. The average Bonchev–Trinajstić information content (AvgIpc) is 2.67. The summed E-state index contributed by atoms with van der Waals surface area (Å²) < 4.78 is 5.17. The van der Waals surface area contributed by atoms with E-state index in [1.165, 1.54) is 6.33 Å². The van der Waals surface area contributed by atoms with Crippen molar-refractivity contribution < 1.29 is 9.53 Å². The Morgan fingerprint density at radius 2 is 2.62 bits per heavy atom. The van der Waals surface area contributed by atoms with Gasteiger partial charge in [-0.2, -0.15) is 0 Å². The maximum absolute atomic E-state index is 10.6. The molecule has 68 valence electrons. The van der Waals surface area contributed by atoms with Crippen LogP contribution in [0.4, 0.5) is 5.82 Å². The largest absolute Gasteiger partial charge is 0.349 e. The molecule has 1 unspecified atom stereocenters. The number of carbonyl (C=O) groups is 1. The molecule has 0 N–H and O–H groups in total. The summed E-state index contributed by atoms with van der Waals surface area (Å²) in [6, 6.07) is 1.76. The van der Waals surface area contributed by atoms with E-state index < -0.39 is 6.23 Å². The Balaban J connectivity index is 2.21. The molecule has 1 atom stereocenters. The van der Waals surface area contributed by atoms with E-state index in [1.54, 1.807) is 17.2 Å². The molecule has 1 saturated heterocycles. The Labute approximate surface area is 75.4 Å². The first-order chi connectivity index (χ1) is 6.42. The van der Waals surface area contributed by atoms with E-state index in [0.29, 0.717) is 13.2 Å². The highest BCUT2D eigenvalue weighted by molar-refractivity contribution is 5.63.